The fourth-order valence-corrected chi connectivity index (χ4v) is 3.39. The summed E-state index contributed by atoms with van der Waals surface area (Å²) in [5.41, 5.74) is 0. The zero-order valence-electron chi connectivity index (χ0n) is 12.0. The van der Waals surface area contributed by atoms with Crippen LogP contribution >= 0.6 is 0 Å². The number of carbonyl (C=O) groups excluding carboxylic acids is 1. The maximum absolute atomic E-state index is 12.3. The zero-order valence-corrected chi connectivity index (χ0v) is 12.0. The molecule has 0 radical (unpaired) electrons. The van der Waals surface area contributed by atoms with Crippen LogP contribution in [0.5, 0.6) is 0 Å². The van der Waals surface area contributed by atoms with E-state index in [0.717, 1.165) is 6.54 Å². The average Bonchev–Trinajstić information content (AvgIpc) is 2.41. The van der Waals surface area contributed by atoms with E-state index in [1.807, 2.05) is 11.9 Å². The molecule has 0 aromatic carbocycles. The number of amides is 1. The highest BCUT2D eigenvalue weighted by molar-refractivity contribution is 5.77. The van der Waals surface area contributed by atoms with Crippen molar-refractivity contribution < 1.29 is 4.79 Å². The molecule has 0 aromatic heterocycles. The molecule has 2 fully saturated rings. The Morgan fingerprint density at radius 1 is 1.17 bits per heavy atom. The van der Waals surface area contributed by atoms with Crippen molar-refractivity contribution in [3.8, 4) is 0 Å². The van der Waals surface area contributed by atoms with E-state index in [9.17, 15) is 4.79 Å². The molecule has 2 unspecified atom stereocenters. The van der Waals surface area contributed by atoms with Crippen molar-refractivity contribution in [3.63, 3.8) is 0 Å². The third kappa shape index (κ3) is 3.47. The molecule has 3 nitrogen and oxygen atoms in total. The molecular weight excluding hydrogens is 224 g/mol. The normalized spacial score (nSPS) is 30.1. The van der Waals surface area contributed by atoms with Crippen molar-refractivity contribution in [2.45, 2.75) is 70.4 Å². The van der Waals surface area contributed by atoms with Gasteiger partial charge in [-0.15, -0.1) is 0 Å². The summed E-state index contributed by atoms with van der Waals surface area (Å²) in [4.78, 5) is 14.4. The molecule has 1 heterocycles. The van der Waals surface area contributed by atoms with Crippen molar-refractivity contribution in [3.05, 3.63) is 0 Å². The molecule has 2 atom stereocenters. The monoisotopic (exact) mass is 252 g/mol. The molecule has 1 saturated carbocycles. The summed E-state index contributed by atoms with van der Waals surface area (Å²) < 4.78 is 0. The number of hydrogen-bond donors (Lipinski definition) is 1. The van der Waals surface area contributed by atoms with Gasteiger partial charge < -0.3 is 10.2 Å². The van der Waals surface area contributed by atoms with Gasteiger partial charge in [0.2, 0.25) is 5.91 Å². The second-order valence-corrected chi connectivity index (χ2v) is 6.18. The standard InChI is InChI=1S/C15H28N2O/c1-12-7-6-10-16-14(12)11-15(18)17(2)13-8-4-3-5-9-13/h12-14,16H,3-11H2,1-2H3. The number of nitrogens with one attached hydrogen (secondary N) is 1. The first-order valence-electron chi connectivity index (χ1n) is 7.67. The highest BCUT2D eigenvalue weighted by atomic mass is 16.2. The van der Waals surface area contributed by atoms with Crippen LogP contribution in [0.3, 0.4) is 0 Å². The van der Waals surface area contributed by atoms with Gasteiger partial charge in [-0.05, 0) is 38.1 Å². The molecule has 18 heavy (non-hydrogen) atoms. The number of nitrogens with zero attached hydrogens (tertiary/aromatic N) is 1. The summed E-state index contributed by atoms with van der Waals surface area (Å²) in [5, 5.41) is 3.51. The summed E-state index contributed by atoms with van der Waals surface area (Å²) in [5.74, 6) is 0.982. The first-order chi connectivity index (χ1) is 8.68. The quantitative estimate of drug-likeness (QED) is 0.837. The number of rotatable bonds is 3. The Bertz CT molecular complexity index is 274. The van der Waals surface area contributed by atoms with Crippen molar-refractivity contribution in [2.75, 3.05) is 13.6 Å². The predicted molar refractivity (Wildman–Crippen MR) is 74.4 cm³/mol. The van der Waals surface area contributed by atoms with E-state index >= 15 is 0 Å². The van der Waals surface area contributed by atoms with Gasteiger partial charge in [0.15, 0.2) is 0 Å². The predicted octanol–water partition coefficient (Wildman–Crippen LogP) is 2.56. The third-order valence-electron chi connectivity index (χ3n) is 4.84. The van der Waals surface area contributed by atoms with Crippen LogP contribution in [0.15, 0.2) is 0 Å². The Morgan fingerprint density at radius 3 is 2.56 bits per heavy atom. The van der Waals surface area contributed by atoms with Gasteiger partial charge in [0, 0.05) is 25.6 Å². The third-order valence-corrected chi connectivity index (χ3v) is 4.84. The SMILES string of the molecule is CC1CCCNC1CC(=O)N(C)C1CCCCC1. The van der Waals surface area contributed by atoms with Gasteiger partial charge >= 0.3 is 0 Å². The second kappa shape index (κ2) is 6.55. The molecule has 0 spiro atoms. The summed E-state index contributed by atoms with van der Waals surface area (Å²) >= 11 is 0. The van der Waals surface area contributed by atoms with E-state index in [4.69, 9.17) is 0 Å². The first kappa shape index (κ1) is 13.9. The average molecular weight is 252 g/mol. The maximum atomic E-state index is 12.3. The lowest BCUT2D eigenvalue weighted by atomic mass is 9.89. The van der Waals surface area contributed by atoms with Crippen LogP contribution in [0, 0.1) is 5.92 Å². The highest BCUT2D eigenvalue weighted by Gasteiger charge is 2.27. The van der Waals surface area contributed by atoms with Crippen molar-refractivity contribution in [1.29, 1.82) is 0 Å². The molecule has 2 aliphatic rings. The summed E-state index contributed by atoms with van der Waals surface area (Å²) in [6.45, 7) is 3.35. The minimum atomic E-state index is 0.341. The summed E-state index contributed by atoms with van der Waals surface area (Å²) in [6, 6.07) is 0.905. The van der Waals surface area contributed by atoms with Crippen LogP contribution in [-0.2, 0) is 4.79 Å². The molecule has 1 aliphatic carbocycles. The van der Waals surface area contributed by atoms with Gasteiger partial charge in [-0.2, -0.15) is 0 Å². The van der Waals surface area contributed by atoms with Gasteiger partial charge in [-0.3, -0.25) is 4.79 Å². The van der Waals surface area contributed by atoms with Gasteiger partial charge in [0.05, 0.1) is 0 Å². The lowest BCUT2D eigenvalue weighted by molar-refractivity contribution is -0.133. The fraction of sp³-hybridized carbons (Fsp3) is 0.933. The fourth-order valence-electron chi connectivity index (χ4n) is 3.39. The van der Waals surface area contributed by atoms with Crippen LogP contribution in [0.25, 0.3) is 0 Å². The molecule has 3 heteroatoms. The molecule has 0 aromatic rings. The van der Waals surface area contributed by atoms with Crippen LogP contribution in [0.2, 0.25) is 0 Å². The van der Waals surface area contributed by atoms with Gasteiger partial charge in [0.1, 0.15) is 0 Å². The van der Waals surface area contributed by atoms with Crippen LogP contribution in [0.4, 0.5) is 0 Å². The minimum Gasteiger partial charge on any atom is -0.343 e. The van der Waals surface area contributed by atoms with Gasteiger partial charge in [0.25, 0.3) is 0 Å². The van der Waals surface area contributed by atoms with E-state index in [1.165, 1.54) is 44.9 Å². The molecule has 1 amide bonds. The molecule has 2 rings (SSSR count). The minimum absolute atomic E-state index is 0.341. The molecule has 1 N–H and O–H groups in total. The van der Waals surface area contributed by atoms with E-state index in [2.05, 4.69) is 12.2 Å². The Labute approximate surface area is 111 Å². The molecule has 1 aliphatic heterocycles. The van der Waals surface area contributed by atoms with Crippen LogP contribution in [-0.4, -0.2) is 36.5 Å². The zero-order chi connectivity index (χ0) is 13.0. The van der Waals surface area contributed by atoms with E-state index < -0.39 is 0 Å². The first-order valence-corrected chi connectivity index (χ1v) is 7.67. The van der Waals surface area contributed by atoms with E-state index in [-0.39, 0.29) is 0 Å². The smallest absolute Gasteiger partial charge is 0.224 e. The number of carbonyl (C=O) groups is 1. The maximum Gasteiger partial charge on any atom is 0.224 e. The number of hydrogen-bond acceptors (Lipinski definition) is 2. The molecule has 0 bridgehead atoms. The highest BCUT2D eigenvalue weighted by Crippen LogP contribution is 2.24. The lowest BCUT2D eigenvalue weighted by Gasteiger charge is -2.35. The Hall–Kier alpha value is -0.570. The Balaban J connectivity index is 1.82. The molecule has 104 valence electrons. The van der Waals surface area contributed by atoms with Crippen molar-refractivity contribution >= 4 is 5.91 Å². The number of piperidine rings is 1. The van der Waals surface area contributed by atoms with Gasteiger partial charge in [-0.25, -0.2) is 0 Å². The summed E-state index contributed by atoms with van der Waals surface area (Å²) in [6.07, 6.45) is 9.54. The van der Waals surface area contributed by atoms with E-state index in [1.54, 1.807) is 0 Å². The van der Waals surface area contributed by atoms with Crippen molar-refractivity contribution in [2.24, 2.45) is 5.92 Å². The molecule has 1 saturated heterocycles. The van der Waals surface area contributed by atoms with Crippen LogP contribution in [0.1, 0.15) is 58.3 Å². The second-order valence-electron chi connectivity index (χ2n) is 6.18. The summed E-state index contributed by atoms with van der Waals surface area (Å²) in [7, 11) is 2.01. The topological polar surface area (TPSA) is 32.3 Å². The Kier molecular flexibility index (Phi) is 5.04. The van der Waals surface area contributed by atoms with Crippen LogP contribution < -0.4 is 5.32 Å². The largest absolute Gasteiger partial charge is 0.343 e. The lowest BCUT2D eigenvalue weighted by Crippen LogP contribution is -2.46. The van der Waals surface area contributed by atoms with Crippen molar-refractivity contribution in [1.82, 2.24) is 10.2 Å². The van der Waals surface area contributed by atoms with E-state index in [0.29, 0.717) is 30.3 Å². The Morgan fingerprint density at radius 2 is 1.89 bits per heavy atom. The molecular formula is C15H28N2O. The van der Waals surface area contributed by atoms with Gasteiger partial charge in [-0.1, -0.05) is 26.2 Å².